The molecule has 0 unspecified atom stereocenters. The van der Waals surface area contributed by atoms with Gasteiger partial charge in [0.2, 0.25) is 29.5 Å². The van der Waals surface area contributed by atoms with Crippen LogP contribution in [0.5, 0.6) is 34.5 Å². The third-order valence-electron chi connectivity index (χ3n) is 10.0. The topological polar surface area (TPSA) is 276 Å². The zero-order valence-electron chi connectivity index (χ0n) is 72.9. The van der Waals surface area contributed by atoms with Crippen LogP contribution in [0.15, 0.2) is 245 Å². The third kappa shape index (κ3) is 163. The first-order valence-corrected chi connectivity index (χ1v) is 38.7. The lowest BCUT2D eigenvalue weighted by Crippen LogP contribution is -2.29. The fraction of sp³-hybridized carbons (Fsp3) is 0.440. The van der Waals surface area contributed by atoms with E-state index in [9.17, 15) is 24.0 Å². The smallest absolute Gasteiger partial charge is 0.508 e. The van der Waals surface area contributed by atoms with Gasteiger partial charge in [-0.05, 0) is 124 Å². The highest BCUT2D eigenvalue weighted by Gasteiger charge is 1.94. The summed E-state index contributed by atoms with van der Waals surface area (Å²) in [6, 6.07) is 52.3. The molecule has 0 aliphatic heterocycles. The summed E-state index contributed by atoms with van der Waals surface area (Å²) in [5.74, 6) is 0.956. The molecule has 0 aliphatic carbocycles. The third-order valence-corrected chi connectivity index (χ3v) is 10.0. The Kier molecular flexibility index (Phi) is 165. The van der Waals surface area contributed by atoms with Crippen LogP contribution in [-0.2, 0) is 28.7 Å². The van der Waals surface area contributed by atoms with E-state index in [2.05, 4.69) is 115 Å². The maximum absolute atomic E-state index is 10.6. The van der Waals surface area contributed by atoms with Gasteiger partial charge in [-0.3, -0.25) is 24.0 Å². The maximum atomic E-state index is 10.6. The highest BCUT2D eigenvalue weighted by molar-refractivity contribution is 5.88. The molecule has 0 saturated heterocycles. The van der Waals surface area contributed by atoms with Crippen molar-refractivity contribution < 1.29 is 60.8 Å². The average Bonchev–Trinajstić information content (AvgIpc) is 1.11. The molecular formula is C91H160N5O12+. The minimum absolute atomic E-state index is 0. The number of hydrogen-bond acceptors (Lipinski definition) is 12. The monoisotopic (exact) mass is 1520 g/mol. The second-order valence-electron chi connectivity index (χ2n) is 18.7. The lowest BCUT2D eigenvalue weighted by Gasteiger charge is -2.04. The van der Waals surface area contributed by atoms with E-state index in [0.717, 1.165) is 12.2 Å². The Labute approximate surface area is 662 Å². The normalized spacial score (nSPS) is 7.73. The van der Waals surface area contributed by atoms with Crippen LogP contribution in [0.25, 0.3) is 0 Å². The van der Waals surface area contributed by atoms with Crippen LogP contribution in [0.3, 0.4) is 0 Å². The Morgan fingerprint density at radius 2 is 0.380 bits per heavy atom. The van der Waals surface area contributed by atoms with Crippen molar-refractivity contribution in [1.29, 1.82) is 0 Å². The van der Waals surface area contributed by atoms with Gasteiger partial charge in [0.05, 0.1) is 0 Å². The number of unbranched alkanes of at least 4 members (excludes halogenated alkanes) is 8. The molecule has 0 fully saturated rings. The van der Waals surface area contributed by atoms with E-state index in [4.69, 9.17) is 35.4 Å². The summed E-state index contributed by atoms with van der Waals surface area (Å²) in [7, 11) is 0. The zero-order valence-corrected chi connectivity index (χ0v) is 71.9. The van der Waals surface area contributed by atoms with Gasteiger partial charge < -0.3 is 62.0 Å². The first kappa shape index (κ1) is 131. The predicted octanol–water partition coefficient (Wildman–Crippen LogP) is 23.9. The van der Waals surface area contributed by atoms with Gasteiger partial charge in [0.1, 0.15) is 48.0 Å². The summed E-state index contributed by atoms with van der Waals surface area (Å²) in [4.78, 5) is 51.7. The molecule has 0 saturated carbocycles. The van der Waals surface area contributed by atoms with Gasteiger partial charge in [0.25, 0.3) is 0 Å². The van der Waals surface area contributed by atoms with Gasteiger partial charge >= 0.3 is 1.43 Å². The SMILES string of the molecule is C=CC(=O)NCC.C=CC(=O)NCC.C=CC(=O)NCC.C=CC(=O)NCOCNC(=O)C=C.CC.CC.CC.CC.CC.CC.CCCCC.CCCCC.CCCCC.CCCCC.Oc1ccccc1.Oc1ccccc1.Oc1ccccc1.Oc1ccccc1.Oc1ccccc1.Oc1ccccc1.[H+]. The summed E-state index contributed by atoms with van der Waals surface area (Å²) >= 11 is 0. The molecule has 6 rings (SSSR count). The van der Waals surface area contributed by atoms with Gasteiger partial charge in [0, 0.05) is 19.6 Å². The molecule has 0 aliphatic rings. The van der Waals surface area contributed by atoms with Crippen LogP contribution in [0.1, 0.15) is 238 Å². The van der Waals surface area contributed by atoms with Gasteiger partial charge in [-0.15, -0.1) is 0 Å². The van der Waals surface area contributed by atoms with E-state index < -0.39 is 0 Å². The molecule has 6 aromatic carbocycles. The molecule has 0 bridgehead atoms. The number of likely N-dealkylation sites (N-methyl/N-ethyl adjacent to an activating group) is 3. The Bertz CT molecular complexity index is 2200. The minimum atomic E-state index is -0.324. The maximum Gasteiger partial charge on any atom is 1.00 e. The second-order valence-corrected chi connectivity index (χ2v) is 18.7. The molecule has 6 aromatic rings. The van der Waals surface area contributed by atoms with Crippen molar-refractivity contribution in [3.05, 3.63) is 245 Å². The number of hydrogen-bond donors (Lipinski definition) is 11. The summed E-state index contributed by atoms with van der Waals surface area (Å²) in [6.07, 6.45) is 22.3. The van der Waals surface area contributed by atoms with E-state index in [1.807, 2.05) is 140 Å². The molecule has 108 heavy (non-hydrogen) atoms. The Hall–Kier alpha value is -9.87. The number of phenolic OH excluding ortho intramolecular Hbond substituents is 6. The van der Waals surface area contributed by atoms with Crippen molar-refractivity contribution in [2.45, 2.75) is 236 Å². The van der Waals surface area contributed by atoms with E-state index in [0.29, 0.717) is 54.1 Å². The Morgan fingerprint density at radius 1 is 0.259 bits per heavy atom. The van der Waals surface area contributed by atoms with Crippen LogP contribution < -0.4 is 26.6 Å². The predicted molar refractivity (Wildman–Crippen MR) is 473 cm³/mol. The van der Waals surface area contributed by atoms with Crippen molar-refractivity contribution in [3.63, 3.8) is 0 Å². The molecular weight excluding hydrogens is 1360 g/mol. The highest BCUT2D eigenvalue weighted by atomic mass is 16.5. The molecule has 0 heterocycles. The number of ether oxygens (including phenoxy) is 1. The number of aromatic hydroxyl groups is 6. The zero-order chi connectivity index (χ0) is 86.4. The quantitative estimate of drug-likeness (QED) is 0.0193. The number of para-hydroxylation sites is 6. The summed E-state index contributed by atoms with van der Waals surface area (Å²) in [5, 5.41) is 64.1. The first-order chi connectivity index (χ1) is 52.1. The molecule has 5 amide bonds. The van der Waals surface area contributed by atoms with E-state index in [1.165, 1.54) is 95.3 Å². The van der Waals surface area contributed by atoms with Crippen LogP contribution in [0, 0.1) is 0 Å². The van der Waals surface area contributed by atoms with Gasteiger partial charge in [-0.2, -0.15) is 0 Å². The van der Waals surface area contributed by atoms with E-state index in [-0.39, 0.29) is 44.4 Å². The molecule has 17 heteroatoms. The lowest BCUT2D eigenvalue weighted by molar-refractivity contribution is -0.120. The summed E-state index contributed by atoms with van der Waals surface area (Å²) < 4.78 is 4.82. The first-order valence-electron chi connectivity index (χ1n) is 38.7. The summed E-state index contributed by atoms with van der Waals surface area (Å²) in [5.41, 5.74) is 0. The summed E-state index contributed by atoms with van der Waals surface area (Å²) in [6.45, 7) is 65.7. The molecule has 0 atom stereocenters. The highest BCUT2D eigenvalue weighted by Crippen LogP contribution is 2.06. The van der Waals surface area contributed by atoms with Crippen LogP contribution in [0.4, 0.5) is 0 Å². The van der Waals surface area contributed by atoms with Gasteiger partial charge in [-0.1, -0.05) is 358 Å². The van der Waals surface area contributed by atoms with Crippen molar-refractivity contribution in [1.82, 2.24) is 26.6 Å². The number of nitrogens with one attached hydrogen (secondary N) is 5. The van der Waals surface area contributed by atoms with Crippen molar-refractivity contribution in [2.75, 3.05) is 33.1 Å². The number of carbonyl (C=O) groups excluding carboxylic acids is 5. The number of rotatable bonds is 20. The molecule has 0 spiro atoms. The van der Waals surface area contributed by atoms with Crippen molar-refractivity contribution >= 4 is 29.5 Å². The number of benzene rings is 6. The molecule has 0 radical (unpaired) electrons. The fourth-order valence-corrected chi connectivity index (χ4v) is 5.16. The Morgan fingerprint density at radius 3 is 0.444 bits per heavy atom. The molecule has 11 N–H and O–H groups in total. The minimum Gasteiger partial charge on any atom is -0.508 e. The largest absolute Gasteiger partial charge is 1.00 e. The van der Waals surface area contributed by atoms with Crippen molar-refractivity contribution in [2.24, 2.45) is 0 Å². The van der Waals surface area contributed by atoms with E-state index >= 15 is 0 Å². The standard InChI is InChI=1S/C8H12N2O3.6C6H6O.3C5H9NO.4C5H12.6C2H6/c1-3-7(11)9-5-13-6-10-8(12)4-2;6*7-6-4-2-1-3-5-6;3*1-3-5(7)6-4-2;4*1-3-5-4-2;6*1-2/h3-4H,1-2,5-6H2,(H,9,11)(H,10,12);6*1-5,7H;3*3H,1,4H2,2H3,(H,6,7);4*3-5H2,1-2H3;6*1-2H3/p+1. The van der Waals surface area contributed by atoms with Crippen LogP contribution in [-0.4, -0.2) is 93.3 Å². The van der Waals surface area contributed by atoms with Gasteiger partial charge in [0.15, 0.2) is 0 Å². The van der Waals surface area contributed by atoms with E-state index in [1.54, 1.807) is 146 Å². The number of phenols is 6. The Balaban J connectivity index is -0.0000000668. The van der Waals surface area contributed by atoms with Crippen molar-refractivity contribution in [3.8, 4) is 34.5 Å². The average molecular weight is 1520 g/mol. The number of amides is 5. The molecule has 620 valence electrons. The van der Waals surface area contributed by atoms with Crippen LogP contribution in [0.2, 0.25) is 0 Å². The molecule has 17 nitrogen and oxygen atoms in total. The number of carbonyl (C=O) groups is 5. The van der Waals surface area contributed by atoms with Gasteiger partial charge in [-0.25, -0.2) is 0 Å². The van der Waals surface area contributed by atoms with Crippen LogP contribution >= 0.6 is 0 Å². The lowest BCUT2D eigenvalue weighted by atomic mass is 10.3. The fourth-order valence-electron chi connectivity index (χ4n) is 5.16. The molecule has 0 aromatic heterocycles. The second kappa shape index (κ2) is 136.